The highest BCUT2D eigenvalue weighted by molar-refractivity contribution is 7.12. The minimum absolute atomic E-state index is 0.0261. The van der Waals surface area contributed by atoms with Crippen molar-refractivity contribution in [3.8, 4) is 6.07 Å². The number of hydrogen-bond donors (Lipinski definition) is 1. The second-order valence-electron chi connectivity index (χ2n) is 5.82. The molecule has 0 spiro atoms. The van der Waals surface area contributed by atoms with Gasteiger partial charge in [-0.05, 0) is 47.8 Å². The van der Waals surface area contributed by atoms with Crippen molar-refractivity contribution in [3.63, 3.8) is 0 Å². The van der Waals surface area contributed by atoms with Gasteiger partial charge in [-0.15, -0.1) is 11.3 Å². The van der Waals surface area contributed by atoms with Gasteiger partial charge in [-0.1, -0.05) is 6.07 Å². The van der Waals surface area contributed by atoms with Crippen LogP contribution in [0.15, 0.2) is 75.9 Å². The highest BCUT2D eigenvalue weighted by Gasteiger charge is 2.46. The minimum Gasteiger partial charge on any atom is -0.503 e. The molecule has 6 nitrogen and oxygen atoms in total. The highest BCUT2D eigenvalue weighted by atomic mass is 32.1. The van der Waals surface area contributed by atoms with E-state index in [1.54, 1.807) is 53.9 Å². The van der Waals surface area contributed by atoms with Crippen LogP contribution in [0.2, 0.25) is 0 Å². The zero-order valence-corrected chi connectivity index (χ0v) is 14.6. The van der Waals surface area contributed by atoms with Crippen LogP contribution in [-0.2, 0) is 4.79 Å². The van der Waals surface area contributed by atoms with Gasteiger partial charge in [0.25, 0.3) is 5.91 Å². The Hall–Kier alpha value is -3.63. The first-order valence-electron chi connectivity index (χ1n) is 8.00. The van der Waals surface area contributed by atoms with E-state index < -0.39 is 23.5 Å². The summed E-state index contributed by atoms with van der Waals surface area (Å²) >= 11 is 1.23. The summed E-state index contributed by atoms with van der Waals surface area (Å²) in [5.41, 5.74) is 0.856. The van der Waals surface area contributed by atoms with E-state index in [0.717, 1.165) is 0 Å². The number of nitrogens with zero attached hydrogens (tertiary/aromatic N) is 2. The molecule has 1 aromatic carbocycles. The molecule has 0 radical (unpaired) electrons. The Morgan fingerprint density at radius 1 is 1.19 bits per heavy atom. The van der Waals surface area contributed by atoms with Gasteiger partial charge in [0.05, 0.1) is 28.3 Å². The van der Waals surface area contributed by atoms with Crippen LogP contribution in [-0.4, -0.2) is 16.8 Å². The minimum atomic E-state index is -0.893. The summed E-state index contributed by atoms with van der Waals surface area (Å²) in [5, 5.41) is 21.2. The largest absolute Gasteiger partial charge is 0.503 e. The van der Waals surface area contributed by atoms with Crippen molar-refractivity contribution in [1.29, 1.82) is 5.26 Å². The van der Waals surface area contributed by atoms with E-state index in [0.29, 0.717) is 21.9 Å². The monoisotopic (exact) mass is 376 g/mol. The molecule has 1 unspecified atom stereocenters. The number of aliphatic hydroxyl groups excluding tert-OH is 1. The fraction of sp³-hybridized carbons (Fsp3) is 0.0500. The van der Waals surface area contributed by atoms with Gasteiger partial charge in [-0.25, -0.2) is 0 Å². The van der Waals surface area contributed by atoms with Crippen LogP contribution < -0.4 is 4.90 Å². The Balaban J connectivity index is 1.84. The molecule has 4 rings (SSSR count). The smallest absolute Gasteiger partial charge is 0.294 e. The predicted molar refractivity (Wildman–Crippen MR) is 98.4 cm³/mol. The Morgan fingerprint density at radius 3 is 2.56 bits per heavy atom. The van der Waals surface area contributed by atoms with Crippen molar-refractivity contribution in [2.45, 2.75) is 6.04 Å². The second kappa shape index (κ2) is 6.59. The molecule has 132 valence electrons. The van der Waals surface area contributed by atoms with Crippen LogP contribution in [0.1, 0.15) is 27.0 Å². The van der Waals surface area contributed by atoms with Crippen molar-refractivity contribution >= 4 is 28.7 Å². The lowest BCUT2D eigenvalue weighted by Gasteiger charge is -2.24. The zero-order chi connectivity index (χ0) is 19.0. The molecule has 1 aliphatic heterocycles. The number of furan rings is 1. The zero-order valence-electron chi connectivity index (χ0n) is 13.8. The van der Waals surface area contributed by atoms with E-state index in [2.05, 4.69) is 0 Å². The number of carbonyl (C=O) groups excluding carboxylic acids is 2. The van der Waals surface area contributed by atoms with Crippen molar-refractivity contribution in [2.24, 2.45) is 0 Å². The van der Waals surface area contributed by atoms with Gasteiger partial charge in [0.2, 0.25) is 5.78 Å². The van der Waals surface area contributed by atoms with Crippen LogP contribution in [0.4, 0.5) is 5.69 Å². The van der Waals surface area contributed by atoms with Crippen LogP contribution >= 0.6 is 11.3 Å². The molecular formula is C20H12N2O4S. The Bertz CT molecular complexity index is 1070. The number of Topliss-reactive ketones (excluding diaryl/α,β-unsaturated/α-hetero) is 1. The lowest BCUT2D eigenvalue weighted by atomic mass is 10.00. The number of rotatable bonds is 4. The summed E-state index contributed by atoms with van der Waals surface area (Å²) in [4.78, 5) is 27.5. The number of anilines is 1. The van der Waals surface area contributed by atoms with Gasteiger partial charge < -0.3 is 9.52 Å². The summed E-state index contributed by atoms with van der Waals surface area (Å²) in [6.07, 6.45) is 1.44. The quantitative estimate of drug-likeness (QED) is 0.695. The standard InChI is InChI=1S/C20H12N2O4S/c21-11-12-5-7-13(8-6-12)22-17(14-3-1-9-26-14)16(19(24)20(22)25)18(23)15-4-2-10-27-15/h1-10,17,24H. The number of ketones is 1. The first-order valence-corrected chi connectivity index (χ1v) is 8.88. The lowest BCUT2D eigenvalue weighted by Crippen LogP contribution is -2.30. The number of amides is 1. The van der Waals surface area contributed by atoms with Gasteiger partial charge in [-0.3, -0.25) is 14.5 Å². The molecule has 1 N–H and O–H groups in total. The number of carbonyl (C=O) groups is 2. The molecule has 0 bridgehead atoms. The SMILES string of the molecule is N#Cc1ccc(N2C(=O)C(O)=C(C(=O)c3cccs3)C2c2ccco2)cc1. The third-order valence-corrected chi connectivity index (χ3v) is 5.15. The Kier molecular flexibility index (Phi) is 4.11. The molecular weight excluding hydrogens is 364 g/mol. The summed E-state index contributed by atoms with van der Waals surface area (Å²) in [7, 11) is 0. The first-order chi connectivity index (χ1) is 13.1. The van der Waals surface area contributed by atoms with E-state index in [-0.39, 0.29) is 5.57 Å². The molecule has 2 aromatic heterocycles. The molecule has 7 heteroatoms. The molecule has 3 aromatic rings. The van der Waals surface area contributed by atoms with Crippen molar-refractivity contribution < 1.29 is 19.1 Å². The predicted octanol–water partition coefficient (Wildman–Crippen LogP) is 4.00. The van der Waals surface area contributed by atoms with Gasteiger partial charge >= 0.3 is 0 Å². The van der Waals surface area contributed by atoms with E-state index in [1.165, 1.54) is 22.5 Å². The normalized spacial score (nSPS) is 16.6. The van der Waals surface area contributed by atoms with E-state index in [1.807, 2.05) is 6.07 Å². The highest BCUT2D eigenvalue weighted by Crippen LogP contribution is 2.42. The summed E-state index contributed by atoms with van der Waals surface area (Å²) in [6, 6.07) is 14.1. The molecule has 0 aliphatic carbocycles. The Labute approximate surface area is 158 Å². The number of thiophene rings is 1. The van der Waals surface area contributed by atoms with Crippen LogP contribution in [0.3, 0.4) is 0 Å². The van der Waals surface area contributed by atoms with Gasteiger partial charge in [0.1, 0.15) is 11.8 Å². The van der Waals surface area contributed by atoms with Gasteiger partial charge in [-0.2, -0.15) is 5.26 Å². The van der Waals surface area contributed by atoms with Crippen LogP contribution in [0.5, 0.6) is 0 Å². The maximum atomic E-state index is 13.0. The first kappa shape index (κ1) is 16.8. The molecule has 1 aliphatic rings. The summed E-state index contributed by atoms with van der Waals surface area (Å²) in [5.74, 6) is -1.36. The molecule has 0 saturated carbocycles. The number of hydrogen-bond acceptors (Lipinski definition) is 6. The maximum absolute atomic E-state index is 13.0. The van der Waals surface area contributed by atoms with Gasteiger partial charge in [0, 0.05) is 5.69 Å². The van der Waals surface area contributed by atoms with E-state index in [9.17, 15) is 14.7 Å². The average molecular weight is 376 g/mol. The van der Waals surface area contributed by atoms with Crippen molar-refractivity contribution in [2.75, 3.05) is 4.90 Å². The van der Waals surface area contributed by atoms with Crippen molar-refractivity contribution in [3.05, 3.63) is 87.7 Å². The summed E-state index contributed by atoms with van der Waals surface area (Å²) in [6.45, 7) is 0. The van der Waals surface area contributed by atoms with Crippen LogP contribution in [0.25, 0.3) is 0 Å². The molecule has 27 heavy (non-hydrogen) atoms. The Morgan fingerprint density at radius 2 is 1.96 bits per heavy atom. The number of nitriles is 1. The van der Waals surface area contributed by atoms with Gasteiger partial charge in [0.15, 0.2) is 5.76 Å². The van der Waals surface area contributed by atoms with Crippen LogP contribution in [0, 0.1) is 11.3 Å². The third-order valence-electron chi connectivity index (χ3n) is 4.28. The lowest BCUT2D eigenvalue weighted by molar-refractivity contribution is -0.117. The molecule has 0 fully saturated rings. The topological polar surface area (TPSA) is 94.5 Å². The second-order valence-corrected chi connectivity index (χ2v) is 6.77. The third kappa shape index (κ3) is 2.72. The van der Waals surface area contributed by atoms with E-state index in [4.69, 9.17) is 9.68 Å². The number of aliphatic hydroxyl groups is 1. The fourth-order valence-electron chi connectivity index (χ4n) is 3.06. The fourth-order valence-corrected chi connectivity index (χ4v) is 3.73. The molecule has 0 saturated heterocycles. The maximum Gasteiger partial charge on any atom is 0.294 e. The van der Waals surface area contributed by atoms with Crippen molar-refractivity contribution in [1.82, 2.24) is 0 Å². The summed E-state index contributed by atoms with van der Waals surface area (Å²) < 4.78 is 5.47. The molecule has 3 heterocycles. The average Bonchev–Trinajstić information content (AvgIpc) is 3.44. The van der Waals surface area contributed by atoms with E-state index >= 15 is 0 Å². The molecule has 1 atom stereocenters. The number of benzene rings is 1. The molecule has 1 amide bonds.